The molecular formula is C33H38N2O4. The summed E-state index contributed by atoms with van der Waals surface area (Å²) in [6.07, 6.45) is 4.54. The summed E-state index contributed by atoms with van der Waals surface area (Å²) >= 11 is 0. The number of fused-ring (bicyclic) bond motifs is 2. The summed E-state index contributed by atoms with van der Waals surface area (Å²) in [6, 6.07) is 21.2. The van der Waals surface area contributed by atoms with E-state index in [-0.39, 0.29) is 17.9 Å². The first-order valence-electron chi connectivity index (χ1n) is 14.2. The zero-order chi connectivity index (χ0) is 27.4. The number of amides is 2. The lowest BCUT2D eigenvalue weighted by Gasteiger charge is -2.33. The molecule has 0 unspecified atom stereocenters. The van der Waals surface area contributed by atoms with E-state index in [1.165, 1.54) is 0 Å². The fourth-order valence-corrected chi connectivity index (χ4v) is 6.39. The Hall–Kier alpha value is -3.22. The molecule has 0 radical (unpaired) electrons. The predicted octanol–water partition coefficient (Wildman–Crippen LogP) is 6.85. The number of ether oxygens (including phenoxy) is 2. The Bertz CT molecular complexity index is 1380. The highest BCUT2D eigenvalue weighted by molar-refractivity contribution is 6.03. The number of anilines is 1. The molecule has 3 aromatic carbocycles. The number of hydrogen-bond acceptors (Lipinski definition) is 4. The van der Waals surface area contributed by atoms with Gasteiger partial charge in [-0.25, -0.2) is 0 Å². The normalized spacial score (nSPS) is 25.9. The highest BCUT2D eigenvalue weighted by atomic mass is 16.7. The number of carbonyl (C=O) groups excluding carboxylic acids is 2. The Morgan fingerprint density at radius 2 is 1.51 bits per heavy atom. The van der Waals surface area contributed by atoms with Gasteiger partial charge in [0.25, 0.3) is 5.91 Å². The Kier molecular flexibility index (Phi) is 6.51. The molecule has 0 bridgehead atoms. The van der Waals surface area contributed by atoms with Gasteiger partial charge in [0.2, 0.25) is 5.91 Å². The van der Waals surface area contributed by atoms with Gasteiger partial charge in [0.05, 0.1) is 11.2 Å². The molecule has 1 N–H and O–H groups in total. The van der Waals surface area contributed by atoms with Crippen molar-refractivity contribution in [1.82, 2.24) is 4.90 Å². The number of nitrogens with one attached hydrogen (secondary N) is 1. The fraction of sp³-hybridized carbons (Fsp3) is 0.455. The summed E-state index contributed by atoms with van der Waals surface area (Å²) in [6.45, 7) is 8.13. The third-order valence-electron chi connectivity index (χ3n) is 9.33. The summed E-state index contributed by atoms with van der Waals surface area (Å²) in [7, 11) is 0. The minimum Gasteiger partial charge on any atom is -0.339 e. The van der Waals surface area contributed by atoms with Crippen LogP contribution in [0.3, 0.4) is 0 Å². The average molecular weight is 527 g/mol. The smallest absolute Gasteiger partial charge is 0.254 e. The van der Waals surface area contributed by atoms with Crippen molar-refractivity contribution in [2.75, 3.05) is 5.32 Å². The largest absolute Gasteiger partial charge is 0.339 e. The summed E-state index contributed by atoms with van der Waals surface area (Å²) in [5.74, 6) is 0.193. The molecular weight excluding hydrogens is 488 g/mol. The average Bonchev–Trinajstić information content (AvgIpc) is 3.42. The fourth-order valence-electron chi connectivity index (χ4n) is 6.39. The SMILES string of the molecule is CC1(C)OC(c2ccc(NC(=O)[C@@H]3C[C@@H]4CCCC[C@@H]4N3C(=O)c3ccc4ccccc4c3)cc2)OC1(C)C. The van der Waals surface area contributed by atoms with E-state index in [0.717, 1.165) is 42.0 Å². The topological polar surface area (TPSA) is 67.9 Å². The first-order chi connectivity index (χ1) is 18.6. The lowest BCUT2D eigenvalue weighted by molar-refractivity contribution is -0.120. The van der Waals surface area contributed by atoms with Crippen molar-refractivity contribution in [1.29, 1.82) is 0 Å². The van der Waals surface area contributed by atoms with Crippen molar-refractivity contribution < 1.29 is 19.1 Å². The predicted molar refractivity (Wildman–Crippen MR) is 152 cm³/mol. The van der Waals surface area contributed by atoms with Crippen LogP contribution in [-0.4, -0.2) is 40.0 Å². The second-order valence-corrected chi connectivity index (χ2v) is 12.3. The number of likely N-dealkylation sites (tertiary alicyclic amines) is 1. The maximum atomic E-state index is 13.9. The Morgan fingerprint density at radius 1 is 0.846 bits per heavy atom. The maximum absolute atomic E-state index is 13.9. The zero-order valence-corrected chi connectivity index (χ0v) is 23.3. The van der Waals surface area contributed by atoms with Gasteiger partial charge in [0.15, 0.2) is 6.29 Å². The number of nitrogens with zero attached hydrogens (tertiary/aromatic N) is 1. The molecule has 6 rings (SSSR count). The molecule has 2 saturated heterocycles. The standard InChI is InChI=1S/C33H38N2O4/c1-32(2)33(3,4)39-31(38-32)22-15-17-26(18-16-22)34-29(36)28-20-24-11-7-8-12-27(24)35(28)30(37)25-14-13-21-9-5-6-10-23(21)19-25/h5-6,9-10,13-19,24,27-28,31H,7-8,11-12,20H2,1-4H3,(H,34,36)/t24-,27-,28-/m0/s1. The van der Waals surface area contributed by atoms with Crippen molar-refractivity contribution in [3.8, 4) is 0 Å². The van der Waals surface area contributed by atoms with Gasteiger partial charge in [-0.3, -0.25) is 9.59 Å². The molecule has 1 saturated carbocycles. The Balaban J connectivity index is 1.21. The molecule has 0 spiro atoms. The van der Waals surface area contributed by atoms with Crippen LogP contribution in [0.2, 0.25) is 0 Å². The van der Waals surface area contributed by atoms with Crippen LogP contribution in [0.25, 0.3) is 10.8 Å². The highest BCUT2D eigenvalue weighted by Gasteiger charge is 2.50. The molecule has 3 aliphatic rings. The number of hydrogen-bond donors (Lipinski definition) is 1. The molecule has 6 heteroatoms. The summed E-state index contributed by atoms with van der Waals surface area (Å²) in [5.41, 5.74) is 1.43. The van der Waals surface area contributed by atoms with Gasteiger partial charge in [-0.15, -0.1) is 0 Å². The lowest BCUT2D eigenvalue weighted by Crippen LogP contribution is -2.47. The van der Waals surface area contributed by atoms with E-state index >= 15 is 0 Å². The summed E-state index contributed by atoms with van der Waals surface area (Å²) < 4.78 is 12.3. The molecule has 3 fully saturated rings. The molecule has 2 amide bonds. The van der Waals surface area contributed by atoms with Gasteiger partial charge in [0.1, 0.15) is 6.04 Å². The molecule has 2 aliphatic heterocycles. The van der Waals surface area contributed by atoms with Crippen molar-refractivity contribution in [2.24, 2.45) is 5.92 Å². The van der Waals surface area contributed by atoms with Crippen LogP contribution in [0.15, 0.2) is 66.7 Å². The second kappa shape index (κ2) is 9.76. The number of benzene rings is 3. The molecule has 0 aromatic heterocycles. The first-order valence-corrected chi connectivity index (χ1v) is 14.2. The van der Waals surface area contributed by atoms with Crippen LogP contribution in [0.4, 0.5) is 5.69 Å². The Morgan fingerprint density at radius 3 is 2.23 bits per heavy atom. The molecule has 204 valence electrons. The van der Waals surface area contributed by atoms with Gasteiger partial charge in [0, 0.05) is 22.9 Å². The van der Waals surface area contributed by atoms with E-state index < -0.39 is 23.5 Å². The van der Waals surface area contributed by atoms with Crippen LogP contribution in [0.1, 0.15) is 82.0 Å². The van der Waals surface area contributed by atoms with Crippen LogP contribution in [0, 0.1) is 5.92 Å². The van der Waals surface area contributed by atoms with Crippen LogP contribution < -0.4 is 5.32 Å². The van der Waals surface area contributed by atoms with Gasteiger partial charge in [-0.05, 0) is 87.9 Å². The molecule has 3 aromatic rings. The van der Waals surface area contributed by atoms with Crippen molar-refractivity contribution >= 4 is 28.3 Å². The van der Waals surface area contributed by atoms with Crippen LogP contribution in [-0.2, 0) is 14.3 Å². The van der Waals surface area contributed by atoms with Crippen molar-refractivity contribution in [3.63, 3.8) is 0 Å². The van der Waals surface area contributed by atoms with Gasteiger partial charge >= 0.3 is 0 Å². The minimum absolute atomic E-state index is 0.0496. The van der Waals surface area contributed by atoms with Crippen molar-refractivity contribution in [3.05, 3.63) is 77.9 Å². The third kappa shape index (κ3) is 4.74. The quantitative estimate of drug-likeness (QED) is 0.404. The van der Waals surface area contributed by atoms with E-state index in [2.05, 4.69) is 5.32 Å². The molecule has 2 heterocycles. The zero-order valence-electron chi connectivity index (χ0n) is 23.3. The van der Waals surface area contributed by atoms with E-state index in [0.29, 0.717) is 23.6 Å². The number of carbonyl (C=O) groups is 2. The molecule has 3 atom stereocenters. The van der Waals surface area contributed by atoms with Gasteiger partial charge in [-0.2, -0.15) is 0 Å². The maximum Gasteiger partial charge on any atom is 0.254 e. The molecule has 1 aliphatic carbocycles. The summed E-state index contributed by atoms with van der Waals surface area (Å²) in [5, 5.41) is 5.23. The van der Waals surface area contributed by atoms with E-state index in [4.69, 9.17) is 9.47 Å². The Labute approximate surface area is 230 Å². The third-order valence-corrected chi connectivity index (χ3v) is 9.33. The van der Waals surface area contributed by atoms with Crippen LogP contribution >= 0.6 is 0 Å². The highest BCUT2D eigenvalue weighted by Crippen LogP contribution is 2.45. The monoisotopic (exact) mass is 526 g/mol. The van der Waals surface area contributed by atoms with E-state index in [1.54, 1.807) is 0 Å². The van der Waals surface area contributed by atoms with Gasteiger partial charge < -0.3 is 19.7 Å². The molecule has 39 heavy (non-hydrogen) atoms. The van der Waals surface area contributed by atoms with Crippen LogP contribution in [0.5, 0.6) is 0 Å². The van der Waals surface area contributed by atoms with Gasteiger partial charge in [-0.1, -0.05) is 55.3 Å². The van der Waals surface area contributed by atoms with Crippen molar-refractivity contribution in [2.45, 2.75) is 89.4 Å². The number of rotatable bonds is 4. The lowest BCUT2D eigenvalue weighted by atomic mass is 9.84. The van der Waals surface area contributed by atoms with E-state index in [9.17, 15) is 9.59 Å². The first kappa shape index (κ1) is 26.0. The second-order valence-electron chi connectivity index (χ2n) is 12.3. The minimum atomic E-state index is -0.486. The molecule has 6 nitrogen and oxygen atoms in total. The summed E-state index contributed by atoms with van der Waals surface area (Å²) in [4.78, 5) is 29.5. The van der Waals surface area contributed by atoms with E-state index in [1.807, 2.05) is 99.3 Å².